The van der Waals surface area contributed by atoms with Crippen molar-refractivity contribution >= 4 is 23.5 Å². The summed E-state index contributed by atoms with van der Waals surface area (Å²) in [6.45, 7) is 1.98. The highest BCUT2D eigenvalue weighted by atomic mass is 16.6. The number of fused-ring (bicyclic) bond motifs is 2. The largest absolute Gasteiger partial charge is 0.450 e. The summed E-state index contributed by atoms with van der Waals surface area (Å²) in [5.41, 5.74) is 3.70. The Balaban J connectivity index is 1.04. The number of ether oxygens (including phenoxy) is 1. The number of likely N-dealkylation sites (tertiary alicyclic amines) is 2. The Morgan fingerprint density at radius 2 is 1.50 bits per heavy atom. The Bertz CT molecular complexity index is 1530. The highest BCUT2D eigenvalue weighted by Gasteiger charge is 2.49. The molecule has 1 unspecified atom stereocenters. The minimum Gasteiger partial charge on any atom is -0.450 e. The summed E-state index contributed by atoms with van der Waals surface area (Å²) in [6.07, 6.45) is 1.51. The molecule has 1 spiro atoms. The predicted molar refractivity (Wildman–Crippen MR) is 156 cm³/mol. The van der Waals surface area contributed by atoms with Gasteiger partial charge in [-0.15, -0.1) is 0 Å². The molecule has 0 N–H and O–H groups in total. The van der Waals surface area contributed by atoms with Crippen molar-refractivity contribution in [1.82, 2.24) is 9.80 Å². The lowest BCUT2D eigenvalue weighted by Crippen LogP contribution is -2.53. The SMILES string of the molecule is O=C1OC2(CCN(C(=O)[C@H]3CCN(C(=O)C4CC(c5ccccc5)=NO4)C[C@@H]3c3ccccc3)CC2)c2ccccc21. The second-order valence-electron chi connectivity index (χ2n) is 11.7. The number of carbonyl (C=O) groups excluding carboxylic acids is 3. The Hall–Kier alpha value is -4.46. The quantitative estimate of drug-likeness (QED) is 0.436. The smallest absolute Gasteiger partial charge is 0.339 e. The first-order valence-corrected chi connectivity index (χ1v) is 14.8. The van der Waals surface area contributed by atoms with E-state index in [4.69, 9.17) is 9.57 Å². The number of nitrogens with zero attached hydrogens (tertiary/aromatic N) is 3. The van der Waals surface area contributed by atoms with E-state index in [0.717, 1.165) is 22.4 Å². The Labute approximate surface area is 244 Å². The lowest BCUT2D eigenvalue weighted by molar-refractivity contribution is -0.149. The van der Waals surface area contributed by atoms with Crippen LogP contribution in [0.25, 0.3) is 0 Å². The number of hydrogen-bond donors (Lipinski definition) is 0. The van der Waals surface area contributed by atoms with Crippen molar-refractivity contribution in [3.05, 3.63) is 107 Å². The van der Waals surface area contributed by atoms with Crippen molar-refractivity contribution in [2.75, 3.05) is 26.2 Å². The summed E-state index contributed by atoms with van der Waals surface area (Å²) < 4.78 is 5.91. The normalized spacial score (nSPS) is 24.5. The van der Waals surface area contributed by atoms with Gasteiger partial charge in [0.05, 0.1) is 11.3 Å². The number of esters is 1. The van der Waals surface area contributed by atoms with Crippen LogP contribution in [-0.4, -0.2) is 65.6 Å². The Morgan fingerprint density at radius 3 is 2.26 bits per heavy atom. The van der Waals surface area contributed by atoms with Crippen molar-refractivity contribution in [3.63, 3.8) is 0 Å². The van der Waals surface area contributed by atoms with Crippen LogP contribution in [0.15, 0.2) is 90.1 Å². The lowest BCUT2D eigenvalue weighted by Gasteiger charge is -2.43. The molecule has 214 valence electrons. The molecule has 0 saturated carbocycles. The average molecular weight is 564 g/mol. The van der Waals surface area contributed by atoms with Crippen molar-refractivity contribution < 1.29 is 24.0 Å². The van der Waals surface area contributed by atoms with E-state index in [1.807, 2.05) is 94.7 Å². The molecular weight excluding hydrogens is 530 g/mol. The molecule has 4 heterocycles. The zero-order valence-electron chi connectivity index (χ0n) is 23.4. The van der Waals surface area contributed by atoms with Gasteiger partial charge in [-0.25, -0.2) is 4.79 Å². The number of rotatable bonds is 4. The maximum Gasteiger partial charge on any atom is 0.339 e. The molecular formula is C34H33N3O5. The van der Waals surface area contributed by atoms with Gasteiger partial charge in [-0.05, 0) is 23.6 Å². The third-order valence-corrected chi connectivity index (χ3v) is 9.33. The maximum absolute atomic E-state index is 14.1. The van der Waals surface area contributed by atoms with Gasteiger partial charge in [-0.2, -0.15) is 0 Å². The molecule has 0 aliphatic carbocycles. The fourth-order valence-electron chi connectivity index (χ4n) is 7.04. The molecule has 0 radical (unpaired) electrons. The average Bonchev–Trinajstić information content (AvgIpc) is 3.65. The fourth-order valence-corrected chi connectivity index (χ4v) is 7.04. The minimum absolute atomic E-state index is 0.0851. The standard InChI is InChI=1S/C34H33N3O5/c38-31(36-19-16-34(17-20-36)28-14-8-7-13-26(28)33(40)41-34)25-15-18-37(22-27(25)23-9-3-1-4-10-23)32(39)30-21-29(35-42-30)24-11-5-2-6-12-24/h1-14,25,27,30H,15-22H2/t25-,27+,30?/m0/s1. The van der Waals surface area contributed by atoms with Crippen LogP contribution in [0.4, 0.5) is 0 Å². The summed E-state index contributed by atoms with van der Waals surface area (Å²) >= 11 is 0. The molecule has 8 nitrogen and oxygen atoms in total. The summed E-state index contributed by atoms with van der Waals surface area (Å²) in [5, 5.41) is 4.21. The Morgan fingerprint density at radius 1 is 0.810 bits per heavy atom. The van der Waals surface area contributed by atoms with Gasteiger partial charge < -0.3 is 19.4 Å². The van der Waals surface area contributed by atoms with Crippen LogP contribution in [0, 0.1) is 5.92 Å². The van der Waals surface area contributed by atoms with Crippen LogP contribution in [0.3, 0.4) is 0 Å². The molecule has 3 aromatic carbocycles. The lowest BCUT2D eigenvalue weighted by atomic mass is 9.78. The fraction of sp³-hybridized carbons (Fsp3) is 0.353. The molecule has 2 amide bonds. The van der Waals surface area contributed by atoms with E-state index >= 15 is 0 Å². The molecule has 3 aromatic rings. The van der Waals surface area contributed by atoms with Crippen LogP contribution in [0.2, 0.25) is 0 Å². The van der Waals surface area contributed by atoms with E-state index in [1.54, 1.807) is 0 Å². The van der Waals surface area contributed by atoms with E-state index in [9.17, 15) is 14.4 Å². The topological polar surface area (TPSA) is 88.5 Å². The predicted octanol–water partition coefficient (Wildman–Crippen LogP) is 4.50. The van der Waals surface area contributed by atoms with Gasteiger partial charge >= 0.3 is 5.97 Å². The molecule has 2 saturated heterocycles. The molecule has 4 aliphatic rings. The molecule has 0 bridgehead atoms. The van der Waals surface area contributed by atoms with Crippen molar-refractivity contribution in [2.45, 2.75) is 43.3 Å². The van der Waals surface area contributed by atoms with Gasteiger partial charge in [-0.3, -0.25) is 9.59 Å². The van der Waals surface area contributed by atoms with Crippen LogP contribution in [0.5, 0.6) is 0 Å². The summed E-state index contributed by atoms with van der Waals surface area (Å²) in [7, 11) is 0. The number of piperidine rings is 2. The number of hydrogen-bond acceptors (Lipinski definition) is 6. The third kappa shape index (κ3) is 4.65. The van der Waals surface area contributed by atoms with Gasteiger partial charge in [-0.1, -0.05) is 84.0 Å². The van der Waals surface area contributed by atoms with E-state index in [1.165, 1.54) is 0 Å². The second-order valence-corrected chi connectivity index (χ2v) is 11.7. The first-order valence-electron chi connectivity index (χ1n) is 14.8. The van der Waals surface area contributed by atoms with Crippen LogP contribution < -0.4 is 0 Å². The van der Waals surface area contributed by atoms with Gasteiger partial charge in [0, 0.05) is 62.8 Å². The van der Waals surface area contributed by atoms with E-state index < -0.39 is 11.7 Å². The number of benzene rings is 3. The van der Waals surface area contributed by atoms with Crippen LogP contribution in [-0.2, 0) is 24.8 Å². The molecule has 2 fully saturated rings. The molecule has 42 heavy (non-hydrogen) atoms. The molecule has 4 aliphatic heterocycles. The Kier molecular flexibility index (Phi) is 6.76. The zero-order chi connectivity index (χ0) is 28.7. The van der Waals surface area contributed by atoms with Crippen molar-refractivity contribution in [3.8, 4) is 0 Å². The minimum atomic E-state index is -0.654. The first-order chi connectivity index (χ1) is 20.5. The third-order valence-electron chi connectivity index (χ3n) is 9.33. The molecule has 3 atom stereocenters. The highest BCUT2D eigenvalue weighted by Crippen LogP contribution is 2.45. The van der Waals surface area contributed by atoms with Gasteiger partial charge in [0.15, 0.2) is 0 Å². The molecule has 0 aromatic heterocycles. The molecule has 7 rings (SSSR count). The number of carbonyl (C=O) groups is 3. The van der Waals surface area contributed by atoms with Crippen LogP contribution in [0.1, 0.15) is 58.6 Å². The summed E-state index contributed by atoms with van der Waals surface area (Å²) in [5.74, 6) is -0.634. The van der Waals surface area contributed by atoms with Crippen LogP contribution >= 0.6 is 0 Å². The summed E-state index contributed by atoms with van der Waals surface area (Å²) in [6, 6.07) is 27.4. The monoisotopic (exact) mass is 563 g/mol. The van der Waals surface area contributed by atoms with E-state index in [0.29, 0.717) is 57.4 Å². The maximum atomic E-state index is 14.1. The second kappa shape index (κ2) is 10.7. The first kappa shape index (κ1) is 26.4. The van der Waals surface area contributed by atoms with Gasteiger partial charge in [0.2, 0.25) is 12.0 Å². The van der Waals surface area contributed by atoms with Crippen molar-refractivity contribution in [1.29, 1.82) is 0 Å². The van der Waals surface area contributed by atoms with Gasteiger partial charge in [0.1, 0.15) is 5.60 Å². The highest BCUT2D eigenvalue weighted by molar-refractivity contribution is 6.04. The zero-order valence-corrected chi connectivity index (χ0v) is 23.4. The van der Waals surface area contributed by atoms with E-state index in [2.05, 4.69) is 5.16 Å². The van der Waals surface area contributed by atoms with Crippen molar-refractivity contribution in [2.24, 2.45) is 11.1 Å². The molecule has 8 heteroatoms. The van der Waals surface area contributed by atoms with E-state index in [-0.39, 0.29) is 29.6 Å². The number of oxime groups is 1. The summed E-state index contributed by atoms with van der Waals surface area (Å²) in [4.78, 5) is 49.6. The number of amides is 2. The van der Waals surface area contributed by atoms with Gasteiger partial charge in [0.25, 0.3) is 5.91 Å².